The van der Waals surface area contributed by atoms with Crippen LogP contribution in [0.15, 0.2) is 41.2 Å². The molecule has 1 aromatic heterocycles. The Hall–Kier alpha value is -2.88. The molecular formula is C19H22F3N5O2. The maximum atomic E-state index is 12.9. The van der Waals surface area contributed by atoms with Gasteiger partial charge in [0.05, 0.1) is 5.56 Å². The molecule has 1 aromatic carbocycles. The Balaban J connectivity index is 1.39. The van der Waals surface area contributed by atoms with Crippen molar-refractivity contribution in [1.82, 2.24) is 20.4 Å². The number of benzene rings is 1. The predicted octanol–water partition coefficient (Wildman–Crippen LogP) is 1.73. The third kappa shape index (κ3) is 5.80. The van der Waals surface area contributed by atoms with Crippen molar-refractivity contribution in [1.29, 1.82) is 0 Å². The number of hydrogen-bond donors (Lipinski definition) is 2. The molecule has 1 amide bonds. The molecule has 1 saturated heterocycles. The zero-order valence-electron chi connectivity index (χ0n) is 15.7. The maximum Gasteiger partial charge on any atom is 0.416 e. The van der Waals surface area contributed by atoms with E-state index in [9.17, 15) is 22.8 Å². The van der Waals surface area contributed by atoms with Gasteiger partial charge in [0.25, 0.3) is 11.5 Å². The number of carbonyl (C=O) groups excluding carboxylic acids is 1. The number of H-pyrrole nitrogens is 1. The third-order valence-electron chi connectivity index (χ3n) is 4.76. The number of piperazine rings is 1. The molecule has 3 rings (SSSR count). The molecule has 0 unspecified atom stereocenters. The first-order valence-corrected chi connectivity index (χ1v) is 9.31. The van der Waals surface area contributed by atoms with E-state index in [0.29, 0.717) is 25.3 Å². The molecule has 0 saturated carbocycles. The lowest BCUT2D eigenvalue weighted by molar-refractivity contribution is -0.137. The molecule has 1 aliphatic rings. The summed E-state index contributed by atoms with van der Waals surface area (Å²) in [6.07, 6.45) is -3.61. The minimum absolute atomic E-state index is 0.152. The van der Waals surface area contributed by atoms with Gasteiger partial charge in [0.1, 0.15) is 5.69 Å². The van der Waals surface area contributed by atoms with Crippen molar-refractivity contribution in [3.63, 3.8) is 0 Å². The highest BCUT2D eigenvalue weighted by Gasteiger charge is 2.31. The second kappa shape index (κ2) is 9.08. The second-order valence-corrected chi connectivity index (χ2v) is 6.79. The van der Waals surface area contributed by atoms with Crippen LogP contribution in [0.4, 0.5) is 18.9 Å². The predicted molar refractivity (Wildman–Crippen MR) is 102 cm³/mol. The van der Waals surface area contributed by atoms with E-state index in [1.165, 1.54) is 24.3 Å². The van der Waals surface area contributed by atoms with Crippen LogP contribution in [-0.4, -0.2) is 60.3 Å². The van der Waals surface area contributed by atoms with Crippen molar-refractivity contribution < 1.29 is 18.0 Å². The normalized spacial score (nSPS) is 15.3. The lowest BCUT2D eigenvalue weighted by Gasteiger charge is -2.36. The Bertz CT molecular complexity index is 871. The van der Waals surface area contributed by atoms with E-state index in [-0.39, 0.29) is 17.2 Å². The topological polar surface area (TPSA) is 81.3 Å². The molecule has 0 radical (unpaired) electrons. The molecule has 2 aromatic rings. The van der Waals surface area contributed by atoms with Crippen LogP contribution in [0.3, 0.4) is 0 Å². The van der Waals surface area contributed by atoms with Gasteiger partial charge < -0.3 is 10.2 Å². The fraction of sp³-hybridized carbons (Fsp3) is 0.421. The summed E-state index contributed by atoms with van der Waals surface area (Å²) in [5, 5.41) is 8.63. The monoisotopic (exact) mass is 409 g/mol. The number of anilines is 1. The number of carbonyl (C=O) groups is 1. The van der Waals surface area contributed by atoms with Crippen molar-refractivity contribution in [3.05, 3.63) is 58.0 Å². The van der Waals surface area contributed by atoms with Crippen LogP contribution in [0.5, 0.6) is 0 Å². The van der Waals surface area contributed by atoms with E-state index in [0.717, 1.165) is 32.1 Å². The number of alkyl halides is 3. The van der Waals surface area contributed by atoms with Gasteiger partial charge in [0.2, 0.25) is 0 Å². The summed E-state index contributed by atoms with van der Waals surface area (Å²) < 4.78 is 38.6. The Labute approximate surface area is 165 Å². The van der Waals surface area contributed by atoms with Crippen LogP contribution >= 0.6 is 0 Å². The van der Waals surface area contributed by atoms with Crippen molar-refractivity contribution >= 4 is 11.6 Å². The summed E-state index contributed by atoms with van der Waals surface area (Å²) in [6.45, 7) is 4.02. The van der Waals surface area contributed by atoms with Crippen LogP contribution < -0.4 is 15.8 Å². The number of rotatable bonds is 6. The molecule has 7 nitrogen and oxygen atoms in total. The molecule has 0 aliphatic carbocycles. The summed E-state index contributed by atoms with van der Waals surface area (Å²) in [6, 6.07) is 8.01. The van der Waals surface area contributed by atoms with Gasteiger partial charge in [-0.05, 0) is 37.2 Å². The van der Waals surface area contributed by atoms with Crippen molar-refractivity contribution in [2.24, 2.45) is 0 Å². The van der Waals surface area contributed by atoms with Crippen LogP contribution in [0, 0.1) is 0 Å². The zero-order chi connectivity index (χ0) is 20.9. The smallest absolute Gasteiger partial charge is 0.369 e. The number of halogens is 3. The fourth-order valence-corrected chi connectivity index (χ4v) is 3.17. The molecule has 29 heavy (non-hydrogen) atoms. The van der Waals surface area contributed by atoms with E-state index in [2.05, 4.69) is 20.4 Å². The highest BCUT2D eigenvalue weighted by atomic mass is 19.4. The van der Waals surface area contributed by atoms with E-state index in [1.807, 2.05) is 4.90 Å². The van der Waals surface area contributed by atoms with Gasteiger partial charge in [0.15, 0.2) is 0 Å². The van der Waals surface area contributed by atoms with Gasteiger partial charge in [-0.1, -0.05) is 6.07 Å². The summed E-state index contributed by atoms with van der Waals surface area (Å²) in [5.41, 5.74) is -0.268. The van der Waals surface area contributed by atoms with Crippen LogP contribution in [0.2, 0.25) is 0 Å². The number of hydrogen-bond acceptors (Lipinski definition) is 5. The lowest BCUT2D eigenvalue weighted by atomic mass is 10.1. The first-order valence-electron chi connectivity index (χ1n) is 9.31. The van der Waals surface area contributed by atoms with Crippen molar-refractivity contribution in [2.75, 3.05) is 44.2 Å². The first-order chi connectivity index (χ1) is 13.8. The summed E-state index contributed by atoms with van der Waals surface area (Å²) >= 11 is 0. The Morgan fingerprint density at radius 2 is 1.90 bits per heavy atom. The number of aromatic amines is 1. The highest BCUT2D eigenvalue weighted by molar-refractivity contribution is 5.91. The number of nitrogens with zero attached hydrogens (tertiary/aromatic N) is 3. The molecule has 2 N–H and O–H groups in total. The molecule has 0 atom stereocenters. The highest BCUT2D eigenvalue weighted by Crippen LogP contribution is 2.31. The van der Waals surface area contributed by atoms with E-state index in [1.54, 1.807) is 6.07 Å². The quantitative estimate of drug-likeness (QED) is 0.711. The van der Waals surface area contributed by atoms with E-state index >= 15 is 0 Å². The van der Waals surface area contributed by atoms with Gasteiger partial charge in [-0.2, -0.15) is 18.3 Å². The Morgan fingerprint density at radius 3 is 2.55 bits per heavy atom. The average Bonchev–Trinajstić information content (AvgIpc) is 2.71. The van der Waals surface area contributed by atoms with Crippen LogP contribution in [0.25, 0.3) is 0 Å². The zero-order valence-corrected chi connectivity index (χ0v) is 15.7. The fourth-order valence-electron chi connectivity index (χ4n) is 3.17. The number of aromatic nitrogens is 2. The lowest BCUT2D eigenvalue weighted by Crippen LogP contribution is -2.47. The largest absolute Gasteiger partial charge is 0.416 e. The molecule has 2 heterocycles. The molecule has 1 aliphatic heterocycles. The first kappa shape index (κ1) is 20.8. The Kier molecular flexibility index (Phi) is 6.53. The molecular weight excluding hydrogens is 387 g/mol. The van der Waals surface area contributed by atoms with E-state index in [4.69, 9.17) is 0 Å². The van der Waals surface area contributed by atoms with Gasteiger partial charge in [-0.15, -0.1) is 0 Å². The van der Waals surface area contributed by atoms with Gasteiger partial charge in [-0.25, -0.2) is 5.10 Å². The third-order valence-corrected chi connectivity index (χ3v) is 4.76. The molecule has 0 spiro atoms. The molecule has 156 valence electrons. The van der Waals surface area contributed by atoms with Gasteiger partial charge in [-0.3, -0.25) is 14.5 Å². The summed E-state index contributed by atoms with van der Waals surface area (Å²) in [7, 11) is 0. The average molecular weight is 409 g/mol. The minimum Gasteiger partial charge on any atom is -0.369 e. The molecule has 1 fully saturated rings. The second-order valence-electron chi connectivity index (χ2n) is 6.79. The van der Waals surface area contributed by atoms with E-state index < -0.39 is 11.7 Å². The number of nitrogens with one attached hydrogen (secondary N) is 2. The SMILES string of the molecule is O=C(NCCCN1CCN(c2cccc(C(F)(F)F)c2)CC1)c1ccc(=O)[nH]n1. The van der Waals surface area contributed by atoms with Gasteiger partial charge >= 0.3 is 6.18 Å². The minimum atomic E-state index is -4.34. The standard InChI is InChI=1S/C19H22F3N5O2/c20-19(21,22)14-3-1-4-15(13-14)27-11-9-26(10-12-27)8-2-7-23-18(29)16-5-6-17(28)25-24-16/h1,3-6,13H,2,7-12H2,(H,23,29)(H,25,28). The maximum absolute atomic E-state index is 12.9. The van der Waals surface area contributed by atoms with Crippen molar-refractivity contribution in [3.8, 4) is 0 Å². The van der Waals surface area contributed by atoms with Crippen LogP contribution in [-0.2, 0) is 6.18 Å². The Morgan fingerprint density at radius 1 is 1.14 bits per heavy atom. The molecule has 10 heteroatoms. The van der Waals surface area contributed by atoms with Crippen LogP contribution in [0.1, 0.15) is 22.5 Å². The molecule has 0 bridgehead atoms. The van der Waals surface area contributed by atoms with Gasteiger partial charge in [0, 0.05) is 44.5 Å². The van der Waals surface area contributed by atoms with Crippen molar-refractivity contribution in [2.45, 2.75) is 12.6 Å². The summed E-state index contributed by atoms with van der Waals surface area (Å²) in [5.74, 6) is -0.351. The number of amides is 1. The summed E-state index contributed by atoms with van der Waals surface area (Å²) in [4.78, 5) is 27.0.